The van der Waals surface area contributed by atoms with E-state index in [2.05, 4.69) is 5.32 Å². The molecule has 0 heterocycles. The summed E-state index contributed by atoms with van der Waals surface area (Å²) in [5, 5.41) is 2.93. The molecular formula is C31H39N3O5S. The summed E-state index contributed by atoms with van der Waals surface area (Å²) < 4.78 is 34.3. The molecule has 9 heteroatoms. The summed E-state index contributed by atoms with van der Waals surface area (Å²) in [5.41, 5.74) is 1.48. The second kappa shape index (κ2) is 13.0. The van der Waals surface area contributed by atoms with Gasteiger partial charge in [0.25, 0.3) is 10.0 Å². The van der Waals surface area contributed by atoms with E-state index in [9.17, 15) is 18.0 Å². The van der Waals surface area contributed by atoms with Crippen molar-refractivity contribution in [1.82, 2.24) is 10.2 Å². The number of hydrogen-bond donors (Lipinski definition) is 1. The number of aryl methyl sites for hydroxylation is 1. The molecule has 0 fully saturated rings. The van der Waals surface area contributed by atoms with E-state index in [1.54, 1.807) is 56.5 Å². The second-order valence-corrected chi connectivity index (χ2v) is 12.5. The van der Waals surface area contributed by atoms with Crippen LogP contribution < -0.4 is 14.4 Å². The molecule has 214 valence electrons. The number of para-hydroxylation sites is 1. The predicted molar refractivity (Wildman–Crippen MR) is 158 cm³/mol. The summed E-state index contributed by atoms with van der Waals surface area (Å²) in [5.74, 6) is -0.171. The Morgan fingerprint density at radius 2 is 1.52 bits per heavy atom. The molecule has 0 aromatic heterocycles. The molecule has 3 aromatic rings. The molecular weight excluding hydrogens is 526 g/mol. The van der Waals surface area contributed by atoms with E-state index in [1.165, 1.54) is 17.0 Å². The maximum absolute atomic E-state index is 14.1. The first kappa shape index (κ1) is 30.7. The minimum Gasteiger partial charge on any atom is -0.497 e. The second-order valence-electron chi connectivity index (χ2n) is 10.6. The molecule has 0 saturated carbocycles. The van der Waals surface area contributed by atoms with E-state index >= 15 is 0 Å². The zero-order chi connectivity index (χ0) is 29.5. The van der Waals surface area contributed by atoms with Gasteiger partial charge in [0.1, 0.15) is 18.3 Å². The fraction of sp³-hybridized carbons (Fsp3) is 0.355. The predicted octanol–water partition coefficient (Wildman–Crippen LogP) is 4.78. The highest BCUT2D eigenvalue weighted by molar-refractivity contribution is 7.92. The molecule has 1 unspecified atom stereocenters. The Labute approximate surface area is 238 Å². The van der Waals surface area contributed by atoms with Crippen molar-refractivity contribution in [3.8, 4) is 5.75 Å². The van der Waals surface area contributed by atoms with Crippen LogP contribution >= 0.6 is 0 Å². The minimum absolute atomic E-state index is 0.0777. The fourth-order valence-corrected chi connectivity index (χ4v) is 5.74. The Balaban J connectivity index is 2.05. The van der Waals surface area contributed by atoms with Crippen LogP contribution in [-0.2, 0) is 32.6 Å². The highest BCUT2D eigenvalue weighted by Crippen LogP contribution is 2.28. The number of hydrogen-bond acceptors (Lipinski definition) is 5. The third-order valence-corrected chi connectivity index (χ3v) is 8.20. The Kier molecular flexibility index (Phi) is 9.98. The molecule has 0 bridgehead atoms. The normalized spacial score (nSPS) is 12.3. The van der Waals surface area contributed by atoms with Crippen LogP contribution in [-0.4, -0.2) is 50.4 Å². The van der Waals surface area contributed by atoms with Crippen molar-refractivity contribution < 1.29 is 22.7 Å². The van der Waals surface area contributed by atoms with Gasteiger partial charge in [0.05, 0.1) is 17.7 Å². The lowest BCUT2D eigenvalue weighted by Crippen LogP contribution is -2.54. The minimum atomic E-state index is -4.10. The highest BCUT2D eigenvalue weighted by atomic mass is 32.2. The van der Waals surface area contributed by atoms with E-state index in [4.69, 9.17) is 4.74 Å². The molecule has 1 atom stereocenters. The van der Waals surface area contributed by atoms with E-state index < -0.39 is 34.1 Å². The third-order valence-electron chi connectivity index (χ3n) is 6.43. The number of ether oxygens (including phenoxy) is 1. The molecule has 2 amide bonds. The molecule has 0 aliphatic rings. The van der Waals surface area contributed by atoms with Gasteiger partial charge in [0, 0.05) is 12.1 Å². The Morgan fingerprint density at radius 1 is 0.925 bits per heavy atom. The average molecular weight is 566 g/mol. The lowest BCUT2D eigenvalue weighted by Gasteiger charge is -2.34. The number of methoxy groups -OCH3 is 1. The van der Waals surface area contributed by atoms with Crippen molar-refractivity contribution in [2.24, 2.45) is 0 Å². The number of anilines is 1. The van der Waals surface area contributed by atoms with Gasteiger partial charge in [-0.2, -0.15) is 0 Å². The van der Waals surface area contributed by atoms with Gasteiger partial charge in [0.2, 0.25) is 11.8 Å². The number of nitrogens with one attached hydrogen (secondary N) is 1. The van der Waals surface area contributed by atoms with Crippen molar-refractivity contribution in [2.75, 3.05) is 18.0 Å². The lowest BCUT2D eigenvalue weighted by atomic mass is 10.1. The van der Waals surface area contributed by atoms with Gasteiger partial charge in [0.15, 0.2) is 0 Å². The monoisotopic (exact) mass is 565 g/mol. The summed E-state index contributed by atoms with van der Waals surface area (Å²) in [6.45, 7) is 8.81. The van der Waals surface area contributed by atoms with Gasteiger partial charge in [-0.05, 0) is 75.6 Å². The number of benzene rings is 3. The number of amides is 2. The van der Waals surface area contributed by atoms with Gasteiger partial charge in [-0.25, -0.2) is 8.42 Å². The Bertz CT molecular complexity index is 1400. The van der Waals surface area contributed by atoms with Crippen molar-refractivity contribution in [2.45, 2.75) is 64.1 Å². The maximum Gasteiger partial charge on any atom is 0.264 e. The molecule has 8 nitrogen and oxygen atoms in total. The summed E-state index contributed by atoms with van der Waals surface area (Å²) in [4.78, 5) is 28.8. The first-order chi connectivity index (χ1) is 18.9. The van der Waals surface area contributed by atoms with Crippen molar-refractivity contribution in [1.29, 1.82) is 0 Å². The van der Waals surface area contributed by atoms with Crippen LogP contribution in [0.2, 0.25) is 0 Å². The van der Waals surface area contributed by atoms with E-state index in [0.717, 1.165) is 15.4 Å². The zero-order valence-corrected chi connectivity index (χ0v) is 24.9. The van der Waals surface area contributed by atoms with Crippen LogP contribution in [0.4, 0.5) is 5.69 Å². The van der Waals surface area contributed by atoms with E-state index in [0.29, 0.717) is 17.9 Å². The topological polar surface area (TPSA) is 96.0 Å². The van der Waals surface area contributed by atoms with Crippen molar-refractivity contribution >= 4 is 27.5 Å². The maximum atomic E-state index is 14.1. The van der Waals surface area contributed by atoms with Crippen molar-refractivity contribution in [3.05, 3.63) is 90.0 Å². The van der Waals surface area contributed by atoms with Crippen LogP contribution in [0.25, 0.3) is 0 Å². The smallest absolute Gasteiger partial charge is 0.264 e. The van der Waals surface area contributed by atoms with Crippen molar-refractivity contribution in [3.63, 3.8) is 0 Å². The number of carbonyl (C=O) groups is 2. The molecule has 0 aliphatic carbocycles. The molecule has 0 radical (unpaired) electrons. The van der Waals surface area contributed by atoms with Crippen LogP contribution in [0.3, 0.4) is 0 Å². The Hall–Kier alpha value is -3.85. The first-order valence-corrected chi connectivity index (χ1v) is 14.7. The molecule has 0 spiro atoms. The fourth-order valence-electron chi connectivity index (χ4n) is 4.27. The van der Waals surface area contributed by atoms with Gasteiger partial charge in [-0.15, -0.1) is 0 Å². The molecule has 0 aliphatic heterocycles. The van der Waals surface area contributed by atoms with Gasteiger partial charge >= 0.3 is 0 Å². The molecule has 1 N–H and O–H groups in total. The standard InChI is InChI=1S/C31H39N3O5S/c1-7-25-13-11-12-16-28(25)34(40(37,38)27-14-9-8-10-15-27)22-29(35)33(23(2)30(36)32-31(3,4)5)21-24-17-19-26(39-6)20-18-24/h8-20,23H,7,21-22H2,1-6H3,(H,32,36). The summed E-state index contributed by atoms with van der Waals surface area (Å²) >= 11 is 0. The van der Waals surface area contributed by atoms with E-state index in [-0.39, 0.29) is 17.3 Å². The van der Waals surface area contributed by atoms with Gasteiger partial charge in [-0.1, -0.05) is 55.5 Å². The first-order valence-electron chi connectivity index (χ1n) is 13.3. The number of sulfonamides is 1. The zero-order valence-electron chi connectivity index (χ0n) is 24.0. The average Bonchev–Trinajstić information content (AvgIpc) is 2.94. The summed E-state index contributed by atoms with van der Waals surface area (Å²) in [6, 6.07) is 21.5. The number of rotatable bonds is 11. The lowest BCUT2D eigenvalue weighted by molar-refractivity contribution is -0.140. The van der Waals surface area contributed by atoms with Crippen LogP contribution in [0, 0.1) is 0 Å². The van der Waals surface area contributed by atoms with Gasteiger partial charge in [-0.3, -0.25) is 13.9 Å². The summed E-state index contributed by atoms with van der Waals surface area (Å²) in [7, 11) is -2.53. The molecule has 3 aromatic carbocycles. The largest absolute Gasteiger partial charge is 0.497 e. The Morgan fingerprint density at radius 3 is 2.10 bits per heavy atom. The number of nitrogens with zero attached hydrogens (tertiary/aromatic N) is 2. The van der Waals surface area contributed by atoms with Gasteiger partial charge < -0.3 is 15.0 Å². The van der Waals surface area contributed by atoms with Crippen LogP contribution in [0.15, 0.2) is 83.8 Å². The quantitative estimate of drug-likeness (QED) is 0.361. The molecule has 0 saturated heterocycles. The molecule has 3 rings (SSSR count). The highest BCUT2D eigenvalue weighted by Gasteiger charge is 2.34. The number of carbonyl (C=O) groups excluding carboxylic acids is 2. The SMILES string of the molecule is CCc1ccccc1N(CC(=O)N(Cc1ccc(OC)cc1)C(C)C(=O)NC(C)(C)C)S(=O)(=O)c1ccccc1. The van der Waals surface area contributed by atoms with Crippen LogP contribution in [0.1, 0.15) is 45.7 Å². The molecule has 40 heavy (non-hydrogen) atoms. The van der Waals surface area contributed by atoms with E-state index in [1.807, 2.05) is 52.0 Å². The summed E-state index contributed by atoms with van der Waals surface area (Å²) in [6.07, 6.45) is 0.575. The third kappa shape index (κ3) is 7.63. The van der Waals surface area contributed by atoms with Crippen LogP contribution in [0.5, 0.6) is 5.75 Å².